The van der Waals surface area contributed by atoms with Crippen LogP contribution in [0.1, 0.15) is 24.6 Å². The van der Waals surface area contributed by atoms with E-state index in [9.17, 15) is 18.0 Å². The number of nitrogens with one attached hydrogen (secondary N) is 1. The van der Waals surface area contributed by atoms with Crippen molar-refractivity contribution in [3.05, 3.63) is 47.5 Å². The standard InChI is InChI=1S/C20H21F3N6O2/c1-28-6-3-4-14(28)29-7-5-10(25-20(24)30)8-13(29)18-19(31-2)27-17-12(26-18)9-11(21)15(22)16(17)23/h3-4,6,9-10,13H,5,7-8H2,1-2H3,(H3,24,25,30). The van der Waals surface area contributed by atoms with Gasteiger partial charge in [0.25, 0.3) is 0 Å². The normalized spacial score (nSPS) is 18.9. The lowest BCUT2D eigenvalue weighted by Gasteiger charge is -2.40. The van der Waals surface area contributed by atoms with Crippen LogP contribution < -0.4 is 20.7 Å². The number of ether oxygens (including phenoxy) is 1. The molecule has 3 N–H and O–H groups in total. The molecule has 164 valence electrons. The lowest BCUT2D eigenvalue weighted by molar-refractivity contribution is 0.240. The van der Waals surface area contributed by atoms with Crippen molar-refractivity contribution in [3.63, 3.8) is 0 Å². The summed E-state index contributed by atoms with van der Waals surface area (Å²) in [5.41, 5.74) is 5.06. The number of aryl methyl sites for hydroxylation is 1. The summed E-state index contributed by atoms with van der Waals surface area (Å²) in [6.07, 6.45) is 2.91. The van der Waals surface area contributed by atoms with Crippen LogP contribution in [-0.2, 0) is 7.05 Å². The Morgan fingerprint density at radius 2 is 2.06 bits per heavy atom. The second kappa shape index (κ2) is 7.97. The second-order valence-electron chi connectivity index (χ2n) is 7.39. The van der Waals surface area contributed by atoms with Crippen LogP contribution in [-0.4, -0.2) is 40.3 Å². The molecule has 1 fully saturated rings. The number of fused-ring (bicyclic) bond motifs is 1. The first kappa shape index (κ1) is 20.8. The summed E-state index contributed by atoms with van der Waals surface area (Å²) in [5, 5.41) is 2.71. The number of methoxy groups -OCH3 is 1. The van der Waals surface area contributed by atoms with E-state index in [1.54, 1.807) is 0 Å². The van der Waals surface area contributed by atoms with Gasteiger partial charge in [0, 0.05) is 31.9 Å². The Hall–Kier alpha value is -3.50. The number of nitrogens with zero attached hydrogens (tertiary/aromatic N) is 4. The quantitative estimate of drug-likeness (QED) is 0.616. The molecule has 4 rings (SSSR count). The van der Waals surface area contributed by atoms with Gasteiger partial charge in [-0.2, -0.15) is 0 Å². The predicted molar refractivity (Wildman–Crippen MR) is 107 cm³/mol. The van der Waals surface area contributed by atoms with Crippen LogP contribution in [0.3, 0.4) is 0 Å². The van der Waals surface area contributed by atoms with E-state index in [1.807, 2.05) is 34.8 Å². The van der Waals surface area contributed by atoms with Gasteiger partial charge >= 0.3 is 6.03 Å². The van der Waals surface area contributed by atoms with Gasteiger partial charge in [-0.15, -0.1) is 0 Å². The number of hydrogen-bond acceptors (Lipinski definition) is 5. The first-order valence-electron chi connectivity index (χ1n) is 9.63. The first-order chi connectivity index (χ1) is 14.8. The number of halogens is 3. The van der Waals surface area contributed by atoms with E-state index in [4.69, 9.17) is 10.5 Å². The third-order valence-corrected chi connectivity index (χ3v) is 5.46. The minimum atomic E-state index is -1.62. The number of amides is 2. The molecule has 2 aromatic heterocycles. The highest BCUT2D eigenvalue weighted by molar-refractivity contribution is 5.76. The summed E-state index contributed by atoms with van der Waals surface area (Å²) in [4.78, 5) is 21.9. The van der Waals surface area contributed by atoms with Crippen molar-refractivity contribution >= 4 is 22.9 Å². The van der Waals surface area contributed by atoms with Crippen LogP contribution in [0.5, 0.6) is 5.88 Å². The van der Waals surface area contributed by atoms with E-state index < -0.39 is 35.0 Å². The topological polar surface area (TPSA) is 98.3 Å². The smallest absolute Gasteiger partial charge is 0.312 e. The molecule has 0 bridgehead atoms. The fraction of sp³-hybridized carbons (Fsp3) is 0.350. The maximum Gasteiger partial charge on any atom is 0.312 e. The molecule has 1 saturated heterocycles. The highest BCUT2D eigenvalue weighted by Gasteiger charge is 2.35. The lowest BCUT2D eigenvalue weighted by atomic mass is 9.94. The molecular formula is C20H21F3N6O2. The van der Waals surface area contributed by atoms with Gasteiger partial charge in [-0.1, -0.05) is 0 Å². The molecule has 2 unspecified atom stereocenters. The van der Waals surface area contributed by atoms with Gasteiger partial charge in [-0.25, -0.2) is 27.9 Å². The number of primary amides is 1. The summed E-state index contributed by atoms with van der Waals surface area (Å²) in [7, 11) is 3.23. The Kier molecular flexibility index (Phi) is 5.34. The molecule has 1 aliphatic heterocycles. The molecular weight excluding hydrogens is 413 g/mol. The van der Waals surface area contributed by atoms with Gasteiger partial charge in [-0.3, -0.25) is 0 Å². The number of aromatic nitrogens is 3. The molecule has 0 saturated carbocycles. The Balaban J connectivity index is 1.86. The Morgan fingerprint density at radius 3 is 2.71 bits per heavy atom. The van der Waals surface area contributed by atoms with Crippen molar-refractivity contribution in [1.82, 2.24) is 19.9 Å². The maximum atomic E-state index is 14.3. The molecule has 2 atom stereocenters. The van der Waals surface area contributed by atoms with Crippen LogP contribution in [0.15, 0.2) is 24.4 Å². The molecule has 1 aliphatic rings. The van der Waals surface area contributed by atoms with E-state index in [0.717, 1.165) is 11.9 Å². The Morgan fingerprint density at radius 1 is 1.29 bits per heavy atom. The summed E-state index contributed by atoms with van der Waals surface area (Å²) in [5.74, 6) is -3.54. The number of rotatable bonds is 4. The number of benzene rings is 1. The molecule has 3 aromatic rings. The third kappa shape index (κ3) is 3.71. The fourth-order valence-electron chi connectivity index (χ4n) is 4.05. The van der Waals surface area contributed by atoms with Gasteiger partial charge < -0.3 is 25.3 Å². The van der Waals surface area contributed by atoms with Crippen molar-refractivity contribution in [2.75, 3.05) is 18.6 Å². The monoisotopic (exact) mass is 434 g/mol. The molecule has 0 spiro atoms. The molecule has 11 heteroatoms. The van der Waals surface area contributed by atoms with Crippen LogP contribution >= 0.6 is 0 Å². The predicted octanol–water partition coefficient (Wildman–Crippen LogP) is 2.77. The average Bonchev–Trinajstić information content (AvgIpc) is 3.16. The molecule has 31 heavy (non-hydrogen) atoms. The zero-order chi connectivity index (χ0) is 22.3. The number of urea groups is 1. The summed E-state index contributed by atoms with van der Waals surface area (Å²) < 4.78 is 49.1. The third-order valence-electron chi connectivity index (χ3n) is 5.46. The highest BCUT2D eigenvalue weighted by Crippen LogP contribution is 2.38. The van der Waals surface area contributed by atoms with Gasteiger partial charge in [0.15, 0.2) is 17.5 Å². The number of carbonyl (C=O) groups is 1. The van der Waals surface area contributed by atoms with E-state index in [0.29, 0.717) is 25.1 Å². The van der Waals surface area contributed by atoms with Gasteiger partial charge in [0.2, 0.25) is 5.88 Å². The number of anilines is 1. The van der Waals surface area contributed by atoms with Crippen LogP contribution in [0.2, 0.25) is 0 Å². The van der Waals surface area contributed by atoms with Crippen molar-refractivity contribution in [2.45, 2.75) is 24.9 Å². The average molecular weight is 434 g/mol. The minimum Gasteiger partial charge on any atom is -0.480 e. The van der Waals surface area contributed by atoms with Gasteiger partial charge in [0.05, 0.1) is 18.7 Å². The molecule has 2 amide bonds. The SMILES string of the molecule is COc1nc2c(F)c(F)c(F)cc2nc1C1CC(NC(N)=O)CCN1c1cccn1C. The number of piperidine rings is 1. The van der Waals surface area contributed by atoms with Gasteiger partial charge in [-0.05, 0) is 25.0 Å². The first-order valence-corrected chi connectivity index (χ1v) is 9.63. The lowest BCUT2D eigenvalue weighted by Crippen LogP contribution is -2.48. The minimum absolute atomic E-state index is 0.0126. The van der Waals surface area contributed by atoms with Crippen molar-refractivity contribution in [3.8, 4) is 5.88 Å². The van der Waals surface area contributed by atoms with Crippen LogP contribution in [0.25, 0.3) is 11.0 Å². The van der Waals surface area contributed by atoms with E-state index >= 15 is 0 Å². The summed E-state index contributed by atoms with van der Waals surface area (Å²) in [6.45, 7) is 0.544. The Labute approximate surface area is 175 Å². The van der Waals surface area contributed by atoms with Crippen molar-refractivity contribution in [2.24, 2.45) is 12.8 Å². The maximum absolute atomic E-state index is 14.3. The largest absolute Gasteiger partial charge is 0.480 e. The Bertz CT molecular complexity index is 1150. The van der Waals surface area contributed by atoms with E-state index in [1.165, 1.54) is 7.11 Å². The highest BCUT2D eigenvalue weighted by atomic mass is 19.2. The van der Waals surface area contributed by atoms with Crippen LogP contribution in [0, 0.1) is 17.5 Å². The van der Waals surface area contributed by atoms with E-state index in [-0.39, 0.29) is 17.4 Å². The number of hydrogen-bond donors (Lipinski definition) is 2. The zero-order valence-corrected chi connectivity index (χ0v) is 16.9. The number of carbonyl (C=O) groups excluding carboxylic acids is 1. The van der Waals surface area contributed by atoms with Crippen LogP contribution in [0.4, 0.5) is 23.8 Å². The number of nitrogens with two attached hydrogens (primary N) is 1. The van der Waals surface area contributed by atoms with Crippen molar-refractivity contribution < 1.29 is 22.7 Å². The van der Waals surface area contributed by atoms with E-state index in [2.05, 4.69) is 15.3 Å². The van der Waals surface area contributed by atoms with Crippen molar-refractivity contribution in [1.29, 1.82) is 0 Å². The molecule has 0 aliphatic carbocycles. The second-order valence-corrected chi connectivity index (χ2v) is 7.39. The molecule has 3 heterocycles. The molecule has 1 aromatic carbocycles. The zero-order valence-electron chi connectivity index (χ0n) is 16.9. The molecule has 0 radical (unpaired) electrons. The van der Waals surface area contributed by atoms with Gasteiger partial charge in [0.1, 0.15) is 17.0 Å². The summed E-state index contributed by atoms with van der Waals surface area (Å²) in [6, 6.07) is 3.26. The summed E-state index contributed by atoms with van der Waals surface area (Å²) >= 11 is 0. The fourth-order valence-corrected chi connectivity index (χ4v) is 4.05. The molecule has 8 nitrogen and oxygen atoms in total.